The van der Waals surface area contributed by atoms with Crippen LogP contribution in [0.3, 0.4) is 0 Å². The third kappa shape index (κ3) is 8.05. The molecule has 0 aliphatic heterocycles. The number of nitrogens with zero attached hydrogens (tertiary/aromatic N) is 2. The van der Waals surface area contributed by atoms with E-state index < -0.39 is 28.5 Å². The summed E-state index contributed by atoms with van der Waals surface area (Å²) in [6, 6.07) is 10.3. The van der Waals surface area contributed by atoms with Crippen LogP contribution in [0, 0.1) is 0 Å². The van der Waals surface area contributed by atoms with Crippen LogP contribution in [0.1, 0.15) is 32.3 Å². The Bertz CT molecular complexity index is 1110. The number of carbonyl (C=O) groups is 2. The molecule has 0 fully saturated rings. The highest BCUT2D eigenvalue weighted by Crippen LogP contribution is 2.31. The largest absolute Gasteiger partial charge is 0.354 e. The molecular formula is C23H28Cl3N3O4S. The van der Waals surface area contributed by atoms with E-state index in [-0.39, 0.29) is 28.2 Å². The summed E-state index contributed by atoms with van der Waals surface area (Å²) in [6.07, 6.45) is 2.69. The molecule has 11 heteroatoms. The lowest BCUT2D eigenvalue weighted by Crippen LogP contribution is -2.51. The first kappa shape index (κ1) is 28.2. The number of sulfonamides is 1. The van der Waals surface area contributed by atoms with E-state index in [1.54, 1.807) is 31.2 Å². The van der Waals surface area contributed by atoms with Crippen molar-refractivity contribution < 1.29 is 18.0 Å². The molecule has 0 saturated carbocycles. The van der Waals surface area contributed by atoms with Gasteiger partial charge in [0.2, 0.25) is 21.8 Å². The van der Waals surface area contributed by atoms with Crippen molar-refractivity contribution in [3.05, 3.63) is 63.1 Å². The lowest BCUT2D eigenvalue weighted by Gasteiger charge is -2.31. The minimum atomic E-state index is -3.90. The summed E-state index contributed by atoms with van der Waals surface area (Å²) < 4.78 is 26.1. The number of nitrogens with one attached hydrogen (secondary N) is 1. The van der Waals surface area contributed by atoms with E-state index in [4.69, 9.17) is 34.8 Å². The van der Waals surface area contributed by atoms with E-state index in [1.807, 2.05) is 6.92 Å². The van der Waals surface area contributed by atoms with E-state index in [0.717, 1.165) is 29.0 Å². The average molecular weight is 549 g/mol. The number of halogens is 3. The monoisotopic (exact) mass is 547 g/mol. The number of amides is 2. The van der Waals surface area contributed by atoms with Crippen LogP contribution in [0.25, 0.3) is 0 Å². The number of anilines is 1. The summed E-state index contributed by atoms with van der Waals surface area (Å²) in [6.45, 7) is 3.62. The zero-order valence-electron chi connectivity index (χ0n) is 19.2. The van der Waals surface area contributed by atoms with Crippen LogP contribution in [0.5, 0.6) is 0 Å². The van der Waals surface area contributed by atoms with Crippen molar-refractivity contribution in [3.8, 4) is 0 Å². The summed E-state index contributed by atoms with van der Waals surface area (Å²) in [5.41, 5.74) is 0.814. The quantitative estimate of drug-likeness (QED) is 0.411. The van der Waals surface area contributed by atoms with Crippen LogP contribution in [-0.4, -0.2) is 50.5 Å². The van der Waals surface area contributed by atoms with Crippen LogP contribution in [0.4, 0.5) is 5.69 Å². The van der Waals surface area contributed by atoms with Crippen LogP contribution >= 0.6 is 34.8 Å². The van der Waals surface area contributed by atoms with Crippen molar-refractivity contribution in [2.24, 2.45) is 0 Å². The smallest absolute Gasteiger partial charge is 0.244 e. The van der Waals surface area contributed by atoms with Crippen molar-refractivity contribution in [1.29, 1.82) is 0 Å². The zero-order chi connectivity index (χ0) is 25.5. The first-order valence-electron chi connectivity index (χ1n) is 10.7. The molecule has 0 aliphatic rings. The fourth-order valence-electron chi connectivity index (χ4n) is 3.18. The molecule has 0 heterocycles. The van der Waals surface area contributed by atoms with Gasteiger partial charge in [0.25, 0.3) is 0 Å². The van der Waals surface area contributed by atoms with E-state index in [9.17, 15) is 18.0 Å². The molecular weight excluding hydrogens is 521 g/mol. The van der Waals surface area contributed by atoms with Crippen molar-refractivity contribution in [2.45, 2.75) is 39.3 Å². The molecule has 0 saturated heterocycles. The Hall–Kier alpha value is -2.00. The molecule has 0 bridgehead atoms. The van der Waals surface area contributed by atoms with Crippen LogP contribution in [0.15, 0.2) is 42.5 Å². The second-order valence-corrected chi connectivity index (χ2v) is 11.0. The van der Waals surface area contributed by atoms with E-state index in [2.05, 4.69) is 5.32 Å². The molecule has 0 aliphatic carbocycles. The Morgan fingerprint density at radius 2 is 1.65 bits per heavy atom. The van der Waals surface area contributed by atoms with Crippen LogP contribution in [-0.2, 0) is 26.2 Å². The zero-order valence-corrected chi connectivity index (χ0v) is 22.3. The van der Waals surface area contributed by atoms with Gasteiger partial charge in [0.05, 0.1) is 17.0 Å². The molecule has 7 nitrogen and oxygen atoms in total. The molecule has 2 amide bonds. The van der Waals surface area contributed by atoms with Crippen molar-refractivity contribution in [2.75, 3.05) is 23.7 Å². The van der Waals surface area contributed by atoms with Gasteiger partial charge in [0.15, 0.2) is 0 Å². The first-order valence-corrected chi connectivity index (χ1v) is 13.7. The van der Waals surface area contributed by atoms with E-state index in [1.165, 1.54) is 23.1 Å². The Morgan fingerprint density at radius 3 is 2.24 bits per heavy atom. The number of carbonyl (C=O) groups excluding carboxylic acids is 2. The maximum Gasteiger partial charge on any atom is 0.244 e. The molecule has 0 spiro atoms. The normalized spacial score (nSPS) is 12.2. The lowest BCUT2D eigenvalue weighted by molar-refractivity contribution is -0.139. The second kappa shape index (κ2) is 12.6. The fourth-order valence-corrected chi connectivity index (χ4v) is 4.59. The number of rotatable bonds is 11. The predicted molar refractivity (Wildman–Crippen MR) is 138 cm³/mol. The first-order chi connectivity index (χ1) is 15.9. The minimum absolute atomic E-state index is 0.0801. The van der Waals surface area contributed by atoms with Gasteiger partial charge in [-0.05, 0) is 49.2 Å². The van der Waals surface area contributed by atoms with Gasteiger partial charge < -0.3 is 10.2 Å². The molecule has 0 unspecified atom stereocenters. The summed E-state index contributed by atoms with van der Waals surface area (Å²) in [5, 5.41) is 3.74. The molecule has 2 aromatic carbocycles. The summed E-state index contributed by atoms with van der Waals surface area (Å²) in [5.74, 6) is -0.906. The summed E-state index contributed by atoms with van der Waals surface area (Å²) in [4.78, 5) is 27.6. The summed E-state index contributed by atoms with van der Waals surface area (Å²) in [7, 11) is -3.90. The molecule has 2 aromatic rings. The maximum atomic E-state index is 13.5. The number of hydrogen-bond donors (Lipinski definition) is 1. The standard InChI is InChI=1S/C23H28Cl3N3O4S/c1-4-5-12-27-23(31)16(2)28(14-17-6-8-18(24)9-7-17)22(30)15-29(34(3,32)33)21-13-19(25)10-11-20(21)26/h6-11,13,16H,4-5,12,14-15H2,1-3H3,(H,27,31)/t16-/m1/s1. The van der Waals surface area contributed by atoms with Gasteiger partial charge in [-0.2, -0.15) is 0 Å². The lowest BCUT2D eigenvalue weighted by atomic mass is 10.1. The highest BCUT2D eigenvalue weighted by molar-refractivity contribution is 7.92. The Labute approximate surface area is 216 Å². The third-order valence-corrected chi connectivity index (χ3v) is 7.05. The predicted octanol–water partition coefficient (Wildman–Crippen LogP) is 4.75. The van der Waals surface area contributed by atoms with E-state index in [0.29, 0.717) is 11.6 Å². The molecule has 1 N–H and O–H groups in total. The second-order valence-electron chi connectivity index (χ2n) is 7.83. The number of benzene rings is 2. The molecule has 0 radical (unpaired) electrons. The topological polar surface area (TPSA) is 86.8 Å². The maximum absolute atomic E-state index is 13.5. The van der Waals surface area contributed by atoms with Crippen molar-refractivity contribution in [1.82, 2.24) is 10.2 Å². The van der Waals surface area contributed by atoms with Crippen LogP contribution in [0.2, 0.25) is 15.1 Å². The summed E-state index contributed by atoms with van der Waals surface area (Å²) >= 11 is 18.2. The fraction of sp³-hybridized carbons (Fsp3) is 0.391. The van der Waals surface area contributed by atoms with E-state index >= 15 is 0 Å². The van der Waals surface area contributed by atoms with Gasteiger partial charge in [-0.1, -0.05) is 60.3 Å². The number of hydrogen-bond acceptors (Lipinski definition) is 4. The minimum Gasteiger partial charge on any atom is -0.354 e. The van der Waals surface area contributed by atoms with Gasteiger partial charge >= 0.3 is 0 Å². The molecule has 186 valence electrons. The third-order valence-electron chi connectivity index (χ3n) is 5.12. The molecule has 0 aromatic heterocycles. The Balaban J connectivity index is 2.38. The van der Waals surface area contributed by atoms with Gasteiger partial charge in [0, 0.05) is 23.1 Å². The average Bonchev–Trinajstić information content (AvgIpc) is 2.77. The van der Waals surface area contributed by atoms with Crippen molar-refractivity contribution in [3.63, 3.8) is 0 Å². The highest BCUT2D eigenvalue weighted by Gasteiger charge is 2.30. The van der Waals surface area contributed by atoms with Gasteiger partial charge in [-0.3, -0.25) is 13.9 Å². The highest BCUT2D eigenvalue weighted by atomic mass is 35.5. The molecule has 1 atom stereocenters. The Kier molecular flexibility index (Phi) is 10.5. The van der Waals surface area contributed by atoms with Gasteiger partial charge in [-0.25, -0.2) is 8.42 Å². The SMILES string of the molecule is CCCCNC(=O)[C@@H](C)N(Cc1ccc(Cl)cc1)C(=O)CN(c1cc(Cl)ccc1Cl)S(C)(=O)=O. The Morgan fingerprint density at radius 1 is 1.03 bits per heavy atom. The van der Waals surface area contributed by atoms with Gasteiger partial charge in [-0.15, -0.1) is 0 Å². The van der Waals surface area contributed by atoms with Crippen molar-refractivity contribution >= 4 is 62.3 Å². The molecule has 2 rings (SSSR count). The van der Waals surface area contributed by atoms with Gasteiger partial charge in [0.1, 0.15) is 12.6 Å². The molecule has 34 heavy (non-hydrogen) atoms. The number of unbranched alkanes of at least 4 members (excludes halogenated alkanes) is 1. The van der Waals surface area contributed by atoms with Crippen LogP contribution < -0.4 is 9.62 Å².